The molecule has 34 heavy (non-hydrogen) atoms. The number of fused-ring (bicyclic) bond motifs is 3. The molecule has 4 aromatic rings. The van der Waals surface area contributed by atoms with Gasteiger partial charge < -0.3 is 19.8 Å². The lowest BCUT2D eigenvalue weighted by Gasteiger charge is -2.21. The van der Waals surface area contributed by atoms with Crippen molar-refractivity contribution < 1.29 is 14.3 Å². The molecule has 2 aromatic carbocycles. The summed E-state index contributed by atoms with van der Waals surface area (Å²) >= 11 is 1.56. The molecule has 0 saturated carbocycles. The number of hydrogen-bond acceptors (Lipinski definition) is 5. The van der Waals surface area contributed by atoms with E-state index in [2.05, 4.69) is 34.6 Å². The van der Waals surface area contributed by atoms with Crippen LogP contribution in [0.5, 0.6) is 5.75 Å². The van der Waals surface area contributed by atoms with Crippen molar-refractivity contribution in [3.05, 3.63) is 63.3 Å². The summed E-state index contributed by atoms with van der Waals surface area (Å²) in [7, 11) is 1.65. The Morgan fingerprint density at radius 1 is 1.15 bits per heavy atom. The van der Waals surface area contributed by atoms with E-state index in [9.17, 15) is 9.59 Å². The number of benzene rings is 2. The number of carbonyl (C=O) groups is 1. The number of rotatable bonds is 5. The molecule has 0 unspecified atom stereocenters. The Morgan fingerprint density at radius 3 is 2.50 bits per heavy atom. The molecule has 0 aliphatic rings. The maximum absolute atomic E-state index is 12.8. The van der Waals surface area contributed by atoms with Gasteiger partial charge in [0.05, 0.1) is 24.6 Å². The summed E-state index contributed by atoms with van der Waals surface area (Å²) in [4.78, 5) is 28.8. The summed E-state index contributed by atoms with van der Waals surface area (Å²) in [5, 5.41) is 7.30. The molecule has 1 atom stereocenters. The topological polar surface area (TPSA) is 80.4 Å². The molecule has 0 saturated heterocycles. The van der Waals surface area contributed by atoms with Crippen LogP contribution in [-0.4, -0.2) is 30.3 Å². The highest BCUT2D eigenvalue weighted by molar-refractivity contribution is 7.15. The Hall–Kier alpha value is -3.32. The molecule has 2 heterocycles. The number of aromatic amines is 1. The normalized spacial score (nSPS) is 12.6. The van der Waals surface area contributed by atoms with Crippen LogP contribution in [0.2, 0.25) is 0 Å². The summed E-state index contributed by atoms with van der Waals surface area (Å²) < 4.78 is 10.9. The van der Waals surface area contributed by atoms with E-state index in [4.69, 9.17) is 9.47 Å². The van der Waals surface area contributed by atoms with Gasteiger partial charge in [0.15, 0.2) is 0 Å². The standard InChI is InChI=1S/C27H30N2O4S/c1-15-11-19(32-6)12-20-22-21(25(30)28-23(15)20)14-34-24(22)18-9-7-17(8-10-18)16(2)13-33-26(31)29-27(3,4)5/h7-12,14,16H,13H2,1-6H3,(H,28,30)(H,29,31)/t16-/m0/s1. The molecular weight excluding hydrogens is 448 g/mol. The van der Waals surface area contributed by atoms with Crippen LogP contribution in [0.1, 0.15) is 44.7 Å². The third-order valence-electron chi connectivity index (χ3n) is 5.77. The number of amides is 1. The predicted octanol–water partition coefficient (Wildman–Crippen LogP) is 6.36. The SMILES string of the molecule is COc1cc(C)c2[nH]c(=O)c3csc(-c4ccc([C@@H](C)COC(=O)NC(C)(C)C)cc4)c3c2c1. The van der Waals surface area contributed by atoms with Crippen LogP contribution in [0.25, 0.3) is 32.1 Å². The van der Waals surface area contributed by atoms with Crippen molar-refractivity contribution in [1.29, 1.82) is 0 Å². The van der Waals surface area contributed by atoms with E-state index in [0.717, 1.165) is 43.6 Å². The van der Waals surface area contributed by atoms with E-state index in [1.807, 2.05) is 52.1 Å². The number of nitrogens with one attached hydrogen (secondary N) is 2. The molecule has 6 nitrogen and oxygen atoms in total. The van der Waals surface area contributed by atoms with Crippen molar-refractivity contribution in [3.63, 3.8) is 0 Å². The van der Waals surface area contributed by atoms with Gasteiger partial charge in [0.25, 0.3) is 5.56 Å². The van der Waals surface area contributed by atoms with Gasteiger partial charge in [0.2, 0.25) is 0 Å². The fourth-order valence-corrected chi connectivity index (χ4v) is 5.09. The molecule has 0 aliphatic heterocycles. The van der Waals surface area contributed by atoms with Crippen molar-refractivity contribution in [2.45, 2.75) is 46.1 Å². The average molecular weight is 479 g/mol. The summed E-state index contributed by atoms with van der Waals surface area (Å²) in [5.41, 5.74) is 3.48. The van der Waals surface area contributed by atoms with Gasteiger partial charge in [-0.2, -0.15) is 0 Å². The fourth-order valence-electron chi connectivity index (χ4n) is 4.02. The first-order valence-electron chi connectivity index (χ1n) is 11.2. The van der Waals surface area contributed by atoms with E-state index < -0.39 is 6.09 Å². The first-order valence-corrected chi connectivity index (χ1v) is 12.1. The van der Waals surface area contributed by atoms with Gasteiger partial charge in [0.1, 0.15) is 5.75 Å². The Kier molecular flexibility index (Phi) is 6.41. The Morgan fingerprint density at radius 2 is 1.85 bits per heavy atom. The first kappa shape index (κ1) is 23.8. The van der Waals surface area contributed by atoms with Crippen LogP contribution in [0.15, 0.2) is 46.6 Å². The minimum atomic E-state index is -0.413. The monoisotopic (exact) mass is 478 g/mol. The maximum Gasteiger partial charge on any atom is 0.407 e. The summed E-state index contributed by atoms with van der Waals surface area (Å²) in [5.74, 6) is 0.811. The smallest absolute Gasteiger partial charge is 0.407 e. The zero-order chi connectivity index (χ0) is 24.6. The molecule has 0 fully saturated rings. The highest BCUT2D eigenvalue weighted by Crippen LogP contribution is 2.39. The van der Waals surface area contributed by atoms with Crippen LogP contribution in [0.3, 0.4) is 0 Å². The quantitative estimate of drug-likeness (QED) is 0.350. The molecule has 0 spiro atoms. The average Bonchev–Trinajstić information content (AvgIpc) is 3.23. The van der Waals surface area contributed by atoms with Crippen molar-refractivity contribution in [1.82, 2.24) is 10.3 Å². The maximum atomic E-state index is 12.8. The van der Waals surface area contributed by atoms with Crippen LogP contribution in [-0.2, 0) is 4.74 Å². The van der Waals surface area contributed by atoms with Gasteiger partial charge in [-0.05, 0) is 56.5 Å². The molecule has 0 bridgehead atoms. The summed E-state index contributed by atoms with van der Waals surface area (Å²) in [6.45, 7) is 10.0. The number of ether oxygens (including phenoxy) is 2. The largest absolute Gasteiger partial charge is 0.497 e. The van der Waals surface area contributed by atoms with Gasteiger partial charge in [-0.25, -0.2) is 4.79 Å². The van der Waals surface area contributed by atoms with Gasteiger partial charge in [-0.15, -0.1) is 11.3 Å². The number of aromatic nitrogens is 1. The summed E-state index contributed by atoms with van der Waals surface area (Å²) in [6.07, 6.45) is -0.413. The lowest BCUT2D eigenvalue weighted by atomic mass is 9.98. The summed E-state index contributed by atoms with van der Waals surface area (Å²) in [6, 6.07) is 12.1. The second-order valence-electron chi connectivity index (χ2n) is 9.67. The highest BCUT2D eigenvalue weighted by Gasteiger charge is 2.18. The second-order valence-corrected chi connectivity index (χ2v) is 10.6. The van der Waals surface area contributed by atoms with Gasteiger partial charge in [0, 0.05) is 32.5 Å². The molecule has 0 aliphatic carbocycles. The van der Waals surface area contributed by atoms with E-state index in [1.165, 1.54) is 0 Å². The molecule has 0 radical (unpaired) electrons. The number of thiophene rings is 1. The number of pyridine rings is 1. The van der Waals surface area contributed by atoms with Gasteiger partial charge >= 0.3 is 6.09 Å². The second kappa shape index (κ2) is 9.14. The van der Waals surface area contributed by atoms with E-state index >= 15 is 0 Å². The first-order chi connectivity index (χ1) is 16.1. The Labute approximate surface area is 202 Å². The zero-order valence-corrected chi connectivity index (χ0v) is 21.2. The molecule has 2 N–H and O–H groups in total. The number of H-pyrrole nitrogens is 1. The third kappa shape index (κ3) is 4.80. The number of alkyl carbamates (subject to hydrolysis) is 1. The van der Waals surface area contributed by atoms with Crippen LogP contribution in [0, 0.1) is 6.92 Å². The van der Waals surface area contributed by atoms with Crippen molar-refractivity contribution in [2.75, 3.05) is 13.7 Å². The van der Waals surface area contributed by atoms with Crippen molar-refractivity contribution >= 4 is 39.1 Å². The Bertz CT molecular complexity index is 1410. The number of aryl methyl sites for hydroxylation is 1. The number of hydrogen-bond donors (Lipinski definition) is 2. The Balaban J connectivity index is 1.65. The molecular formula is C27H30N2O4S. The lowest BCUT2D eigenvalue weighted by Crippen LogP contribution is -2.41. The zero-order valence-electron chi connectivity index (χ0n) is 20.4. The van der Waals surface area contributed by atoms with Gasteiger partial charge in [-0.1, -0.05) is 31.2 Å². The fraction of sp³-hybridized carbons (Fsp3) is 0.333. The molecule has 4 rings (SSSR count). The van der Waals surface area contributed by atoms with Crippen LogP contribution >= 0.6 is 11.3 Å². The van der Waals surface area contributed by atoms with Crippen molar-refractivity contribution in [2.24, 2.45) is 0 Å². The molecule has 7 heteroatoms. The van der Waals surface area contributed by atoms with Crippen LogP contribution < -0.4 is 15.6 Å². The van der Waals surface area contributed by atoms with Crippen molar-refractivity contribution in [3.8, 4) is 16.2 Å². The predicted molar refractivity (Wildman–Crippen MR) is 139 cm³/mol. The molecule has 2 aromatic heterocycles. The number of methoxy groups -OCH3 is 1. The van der Waals surface area contributed by atoms with E-state index in [0.29, 0.717) is 12.0 Å². The minimum absolute atomic E-state index is 0.0513. The van der Waals surface area contributed by atoms with Gasteiger partial charge in [-0.3, -0.25) is 4.79 Å². The number of carbonyl (C=O) groups excluding carboxylic acids is 1. The van der Waals surface area contributed by atoms with E-state index in [1.54, 1.807) is 18.4 Å². The van der Waals surface area contributed by atoms with E-state index in [-0.39, 0.29) is 17.0 Å². The molecule has 1 amide bonds. The van der Waals surface area contributed by atoms with Crippen LogP contribution in [0.4, 0.5) is 4.79 Å². The lowest BCUT2D eigenvalue weighted by molar-refractivity contribution is 0.132. The third-order valence-corrected chi connectivity index (χ3v) is 6.80. The minimum Gasteiger partial charge on any atom is -0.497 e. The molecule has 178 valence electrons. The highest BCUT2D eigenvalue weighted by atomic mass is 32.1.